The van der Waals surface area contributed by atoms with Crippen molar-refractivity contribution in [1.29, 1.82) is 0 Å². The number of aryl methyl sites for hydroxylation is 1. The molecule has 0 spiro atoms. The second-order valence-electron chi connectivity index (χ2n) is 7.93. The van der Waals surface area contributed by atoms with Gasteiger partial charge in [-0.2, -0.15) is 4.98 Å². The first-order chi connectivity index (χ1) is 16.1. The van der Waals surface area contributed by atoms with E-state index in [1.165, 1.54) is 19.3 Å². The van der Waals surface area contributed by atoms with Crippen molar-refractivity contribution in [3.8, 4) is 11.5 Å². The maximum absolute atomic E-state index is 12.3. The highest BCUT2D eigenvalue weighted by Crippen LogP contribution is 2.26. The lowest BCUT2D eigenvalue weighted by Gasteiger charge is -2.28. The molecule has 1 saturated heterocycles. The lowest BCUT2D eigenvalue weighted by molar-refractivity contribution is -0.118. The van der Waals surface area contributed by atoms with E-state index in [2.05, 4.69) is 20.5 Å². The zero-order valence-corrected chi connectivity index (χ0v) is 19.0. The van der Waals surface area contributed by atoms with Crippen LogP contribution in [0.5, 0.6) is 11.5 Å². The minimum Gasteiger partial charge on any atom is -0.493 e. The number of carbonyl (C=O) groups is 1. The van der Waals surface area contributed by atoms with Crippen molar-refractivity contribution in [3.05, 3.63) is 60.3 Å². The number of ether oxygens (including phenoxy) is 2. The van der Waals surface area contributed by atoms with Crippen LogP contribution in [-0.2, 0) is 4.79 Å². The first-order valence-corrected chi connectivity index (χ1v) is 11.1. The normalized spacial score (nSPS) is 13.3. The Labute approximate surface area is 194 Å². The summed E-state index contributed by atoms with van der Waals surface area (Å²) < 4.78 is 10.8. The van der Waals surface area contributed by atoms with Crippen LogP contribution in [0.25, 0.3) is 0 Å². The van der Waals surface area contributed by atoms with Crippen molar-refractivity contribution in [2.75, 3.05) is 42.3 Å². The Kier molecular flexibility index (Phi) is 7.24. The van der Waals surface area contributed by atoms with Crippen LogP contribution in [-0.4, -0.2) is 42.7 Å². The number of rotatable bonds is 8. The molecule has 0 unspecified atom stereocenters. The summed E-state index contributed by atoms with van der Waals surface area (Å²) in [6.45, 7) is 3.93. The lowest BCUT2D eigenvalue weighted by Crippen LogP contribution is -2.30. The number of carbonyl (C=O) groups excluding carboxylic acids is 1. The summed E-state index contributed by atoms with van der Waals surface area (Å²) in [6.07, 6.45) is 3.67. The fourth-order valence-corrected chi connectivity index (χ4v) is 3.74. The molecule has 0 radical (unpaired) electrons. The van der Waals surface area contributed by atoms with E-state index in [9.17, 15) is 4.79 Å². The number of amides is 1. The molecule has 4 rings (SSSR count). The Morgan fingerprint density at radius 1 is 0.970 bits per heavy atom. The summed E-state index contributed by atoms with van der Waals surface area (Å²) in [6, 6.07) is 16.7. The summed E-state index contributed by atoms with van der Waals surface area (Å²) in [5.41, 5.74) is 2.44. The van der Waals surface area contributed by atoms with Crippen molar-refractivity contribution >= 4 is 29.0 Å². The molecule has 2 N–H and O–H groups in total. The van der Waals surface area contributed by atoms with Gasteiger partial charge in [0.05, 0.1) is 7.11 Å². The average Bonchev–Trinajstić information content (AvgIpc) is 2.84. The molecular formula is C25H29N5O3. The molecule has 2 heterocycles. The fourth-order valence-electron chi connectivity index (χ4n) is 3.74. The highest BCUT2D eigenvalue weighted by atomic mass is 16.5. The number of para-hydroxylation sites is 2. The second-order valence-corrected chi connectivity index (χ2v) is 7.93. The van der Waals surface area contributed by atoms with E-state index in [-0.39, 0.29) is 12.5 Å². The third kappa shape index (κ3) is 6.12. The van der Waals surface area contributed by atoms with Crippen molar-refractivity contribution in [2.45, 2.75) is 26.2 Å². The van der Waals surface area contributed by atoms with E-state index in [1.54, 1.807) is 19.2 Å². The van der Waals surface area contributed by atoms with Gasteiger partial charge in [0, 0.05) is 36.2 Å². The zero-order chi connectivity index (χ0) is 23.0. The highest BCUT2D eigenvalue weighted by Gasteiger charge is 2.14. The van der Waals surface area contributed by atoms with Gasteiger partial charge in [-0.3, -0.25) is 4.79 Å². The fraction of sp³-hybridized carbons (Fsp3) is 0.320. The molecular weight excluding hydrogens is 418 g/mol. The molecule has 0 aliphatic carbocycles. The van der Waals surface area contributed by atoms with Crippen LogP contribution in [0.3, 0.4) is 0 Å². The number of methoxy groups -OCH3 is 1. The quantitative estimate of drug-likeness (QED) is 0.524. The summed E-state index contributed by atoms with van der Waals surface area (Å²) >= 11 is 0. The van der Waals surface area contributed by atoms with Crippen LogP contribution in [0.4, 0.5) is 23.1 Å². The van der Waals surface area contributed by atoms with Gasteiger partial charge in [-0.25, -0.2) is 4.98 Å². The van der Waals surface area contributed by atoms with Gasteiger partial charge >= 0.3 is 0 Å². The second kappa shape index (κ2) is 10.7. The number of hydrogen-bond donors (Lipinski definition) is 2. The van der Waals surface area contributed by atoms with E-state index in [0.717, 1.165) is 30.3 Å². The monoisotopic (exact) mass is 447 g/mol. The molecule has 1 aliphatic heterocycles. The molecule has 1 aromatic heterocycles. The molecule has 0 atom stereocenters. The minimum absolute atomic E-state index is 0.114. The number of benzene rings is 2. The van der Waals surface area contributed by atoms with Crippen molar-refractivity contribution in [3.63, 3.8) is 0 Å². The summed E-state index contributed by atoms with van der Waals surface area (Å²) in [5, 5.41) is 6.10. The van der Waals surface area contributed by atoms with Gasteiger partial charge in [-0.05, 0) is 62.6 Å². The van der Waals surface area contributed by atoms with E-state index in [0.29, 0.717) is 23.1 Å². The predicted octanol–water partition coefficient (Wildman–Crippen LogP) is 4.55. The van der Waals surface area contributed by atoms with E-state index in [4.69, 9.17) is 14.5 Å². The number of hydrogen-bond acceptors (Lipinski definition) is 7. The van der Waals surface area contributed by atoms with E-state index < -0.39 is 0 Å². The molecule has 1 fully saturated rings. The predicted molar refractivity (Wildman–Crippen MR) is 130 cm³/mol. The van der Waals surface area contributed by atoms with Gasteiger partial charge in [0.25, 0.3) is 5.91 Å². The van der Waals surface area contributed by atoms with Crippen LogP contribution >= 0.6 is 0 Å². The summed E-state index contributed by atoms with van der Waals surface area (Å²) in [4.78, 5) is 23.8. The van der Waals surface area contributed by atoms with E-state index >= 15 is 0 Å². The van der Waals surface area contributed by atoms with Crippen LogP contribution in [0, 0.1) is 6.92 Å². The third-order valence-corrected chi connectivity index (χ3v) is 5.37. The summed E-state index contributed by atoms with van der Waals surface area (Å²) in [5.74, 6) is 2.38. The SMILES string of the molecule is COc1ccccc1OCC(=O)Nc1ccc(Nc2nc(C)cc(N3CCCCC3)n2)cc1. The van der Waals surface area contributed by atoms with Crippen LogP contribution in [0.2, 0.25) is 0 Å². The molecule has 172 valence electrons. The van der Waals surface area contributed by atoms with Gasteiger partial charge in [0.1, 0.15) is 5.82 Å². The Hall–Kier alpha value is -3.81. The number of aromatic nitrogens is 2. The van der Waals surface area contributed by atoms with Gasteiger partial charge in [0.15, 0.2) is 18.1 Å². The molecule has 1 amide bonds. The minimum atomic E-state index is -0.255. The first-order valence-electron chi connectivity index (χ1n) is 11.1. The van der Waals surface area contributed by atoms with Crippen molar-refractivity contribution < 1.29 is 14.3 Å². The van der Waals surface area contributed by atoms with Gasteiger partial charge in [-0.15, -0.1) is 0 Å². The maximum atomic E-state index is 12.3. The molecule has 2 aromatic carbocycles. The van der Waals surface area contributed by atoms with Crippen molar-refractivity contribution in [2.24, 2.45) is 0 Å². The van der Waals surface area contributed by atoms with Crippen LogP contribution in [0.15, 0.2) is 54.6 Å². The zero-order valence-electron chi connectivity index (χ0n) is 19.0. The molecule has 1 aliphatic rings. The largest absolute Gasteiger partial charge is 0.493 e. The number of nitrogens with zero attached hydrogens (tertiary/aromatic N) is 3. The number of piperidine rings is 1. The first kappa shape index (κ1) is 22.4. The molecule has 0 bridgehead atoms. The topological polar surface area (TPSA) is 88.6 Å². The molecule has 33 heavy (non-hydrogen) atoms. The van der Waals surface area contributed by atoms with Gasteiger partial charge < -0.3 is 25.0 Å². The standard InChI is InChI=1S/C25H29N5O3/c1-18-16-23(30-14-6-3-7-15-30)29-25(26-18)28-20-12-10-19(11-13-20)27-24(31)17-33-22-9-5-4-8-21(22)32-2/h4-5,8-13,16H,3,6-7,14-15,17H2,1-2H3,(H,27,31)(H,26,28,29). The highest BCUT2D eigenvalue weighted by molar-refractivity contribution is 5.92. The maximum Gasteiger partial charge on any atom is 0.262 e. The Balaban J connectivity index is 1.33. The average molecular weight is 448 g/mol. The molecule has 8 nitrogen and oxygen atoms in total. The molecule has 8 heteroatoms. The van der Waals surface area contributed by atoms with Gasteiger partial charge in [0.2, 0.25) is 5.95 Å². The summed E-state index contributed by atoms with van der Waals surface area (Å²) in [7, 11) is 1.56. The molecule has 0 saturated carbocycles. The Morgan fingerprint density at radius 2 is 1.67 bits per heavy atom. The Bertz CT molecular complexity index is 1080. The Morgan fingerprint density at radius 3 is 2.39 bits per heavy atom. The smallest absolute Gasteiger partial charge is 0.262 e. The van der Waals surface area contributed by atoms with Gasteiger partial charge in [-0.1, -0.05) is 12.1 Å². The lowest BCUT2D eigenvalue weighted by atomic mass is 10.1. The third-order valence-electron chi connectivity index (χ3n) is 5.37. The van der Waals surface area contributed by atoms with Crippen LogP contribution < -0.4 is 25.0 Å². The number of nitrogens with one attached hydrogen (secondary N) is 2. The molecule has 3 aromatic rings. The van der Waals surface area contributed by atoms with E-state index in [1.807, 2.05) is 49.4 Å². The van der Waals surface area contributed by atoms with Crippen molar-refractivity contribution in [1.82, 2.24) is 9.97 Å². The number of anilines is 4. The van der Waals surface area contributed by atoms with Crippen LogP contribution in [0.1, 0.15) is 25.0 Å².